The average molecular weight is 444 g/mol. The summed E-state index contributed by atoms with van der Waals surface area (Å²) < 4.78 is 20.0. The van der Waals surface area contributed by atoms with Crippen LogP contribution in [0.15, 0.2) is 24.5 Å². The summed E-state index contributed by atoms with van der Waals surface area (Å²) in [5, 5.41) is 16.7. The molecule has 1 aliphatic heterocycles. The number of nitriles is 1. The van der Waals surface area contributed by atoms with E-state index in [0.717, 1.165) is 12.8 Å². The number of rotatable bonds is 6. The molecule has 2 aromatic heterocycles. The summed E-state index contributed by atoms with van der Waals surface area (Å²) in [4.78, 5) is 8.46. The van der Waals surface area contributed by atoms with Gasteiger partial charge < -0.3 is 15.4 Å². The van der Waals surface area contributed by atoms with Crippen molar-refractivity contribution in [2.75, 3.05) is 30.4 Å². The zero-order valence-corrected chi connectivity index (χ0v) is 18.2. The summed E-state index contributed by atoms with van der Waals surface area (Å²) in [5.41, 5.74) is 1.10. The van der Waals surface area contributed by atoms with E-state index in [4.69, 9.17) is 16.3 Å². The second kappa shape index (κ2) is 9.80. The first-order chi connectivity index (χ1) is 15.1. The number of halogens is 2. The van der Waals surface area contributed by atoms with E-state index >= 15 is 0 Å². The van der Waals surface area contributed by atoms with Gasteiger partial charge in [-0.1, -0.05) is 30.9 Å². The van der Waals surface area contributed by atoms with Crippen LogP contribution in [0.4, 0.5) is 15.9 Å². The lowest BCUT2D eigenvalue weighted by Gasteiger charge is -2.31. The van der Waals surface area contributed by atoms with Gasteiger partial charge in [0.1, 0.15) is 11.6 Å². The standard InChI is InChI=1S/C23H27ClFN5O/c24-22-20(29-15-23(14-26)6-8-31-9-7-23)10-16(12-28-22)18-11-21(27-13-19(18)25)30-17-4-2-1-3-5-17/h10-13,17,29H,1-9,15H2,(H,27,30). The lowest BCUT2D eigenvalue weighted by molar-refractivity contribution is 0.0456. The molecular weight excluding hydrogens is 417 g/mol. The van der Waals surface area contributed by atoms with Crippen LogP contribution in [-0.2, 0) is 4.74 Å². The lowest BCUT2D eigenvalue weighted by Crippen LogP contribution is -2.34. The quantitative estimate of drug-likeness (QED) is 0.580. The Morgan fingerprint density at radius 1 is 1.16 bits per heavy atom. The normalized spacial score (nSPS) is 18.9. The zero-order valence-electron chi connectivity index (χ0n) is 17.5. The number of hydrogen-bond donors (Lipinski definition) is 2. The summed E-state index contributed by atoms with van der Waals surface area (Å²) in [6.07, 6.45) is 10.0. The molecule has 0 spiro atoms. The van der Waals surface area contributed by atoms with Crippen molar-refractivity contribution in [2.45, 2.75) is 51.0 Å². The Hall–Kier alpha value is -2.43. The second-order valence-corrected chi connectivity index (χ2v) is 8.81. The van der Waals surface area contributed by atoms with Crippen LogP contribution in [0.25, 0.3) is 11.1 Å². The lowest BCUT2D eigenvalue weighted by atomic mass is 9.81. The Morgan fingerprint density at radius 2 is 1.94 bits per heavy atom. The van der Waals surface area contributed by atoms with Gasteiger partial charge >= 0.3 is 0 Å². The molecule has 0 unspecified atom stereocenters. The summed E-state index contributed by atoms with van der Waals surface area (Å²) in [7, 11) is 0. The van der Waals surface area contributed by atoms with E-state index in [-0.39, 0.29) is 0 Å². The third-order valence-electron chi connectivity index (χ3n) is 6.27. The number of nitrogens with one attached hydrogen (secondary N) is 2. The first-order valence-corrected chi connectivity index (χ1v) is 11.3. The molecule has 0 radical (unpaired) electrons. The molecule has 3 heterocycles. The molecule has 0 amide bonds. The monoisotopic (exact) mass is 443 g/mol. The highest BCUT2D eigenvalue weighted by Gasteiger charge is 2.32. The third-order valence-corrected chi connectivity index (χ3v) is 6.57. The molecule has 1 saturated carbocycles. The van der Waals surface area contributed by atoms with Crippen LogP contribution in [-0.4, -0.2) is 35.8 Å². The fraction of sp³-hybridized carbons (Fsp3) is 0.522. The van der Waals surface area contributed by atoms with Crippen LogP contribution in [0.2, 0.25) is 5.15 Å². The van der Waals surface area contributed by atoms with Crippen molar-refractivity contribution in [3.63, 3.8) is 0 Å². The molecule has 31 heavy (non-hydrogen) atoms. The van der Waals surface area contributed by atoms with E-state index in [1.807, 2.05) is 0 Å². The number of anilines is 2. The fourth-order valence-corrected chi connectivity index (χ4v) is 4.44. The highest BCUT2D eigenvalue weighted by molar-refractivity contribution is 6.32. The van der Waals surface area contributed by atoms with Crippen molar-refractivity contribution in [1.82, 2.24) is 9.97 Å². The number of nitrogens with zero attached hydrogens (tertiary/aromatic N) is 3. The molecule has 4 rings (SSSR count). The highest BCUT2D eigenvalue weighted by Crippen LogP contribution is 2.33. The SMILES string of the molecule is N#CC1(CNc2cc(-c3cc(NC4CCCCC4)ncc3F)cnc2Cl)CCOCC1. The van der Waals surface area contributed by atoms with Crippen molar-refractivity contribution < 1.29 is 9.13 Å². The molecule has 2 fully saturated rings. The van der Waals surface area contributed by atoms with Crippen molar-refractivity contribution in [3.8, 4) is 17.2 Å². The zero-order chi connectivity index (χ0) is 21.7. The predicted molar refractivity (Wildman–Crippen MR) is 120 cm³/mol. The molecule has 0 aromatic carbocycles. The molecule has 1 saturated heterocycles. The van der Waals surface area contributed by atoms with E-state index in [1.54, 1.807) is 18.3 Å². The minimum atomic E-state index is -0.503. The first kappa shape index (κ1) is 21.8. The van der Waals surface area contributed by atoms with E-state index in [9.17, 15) is 9.65 Å². The van der Waals surface area contributed by atoms with Crippen molar-refractivity contribution in [3.05, 3.63) is 35.5 Å². The van der Waals surface area contributed by atoms with Crippen LogP contribution >= 0.6 is 11.6 Å². The Balaban J connectivity index is 1.53. The number of ether oxygens (including phenoxy) is 1. The molecular formula is C23H27ClFN5O. The Morgan fingerprint density at radius 3 is 2.68 bits per heavy atom. The molecule has 8 heteroatoms. The molecule has 0 atom stereocenters. The van der Waals surface area contributed by atoms with E-state index in [1.165, 1.54) is 25.5 Å². The molecule has 0 bridgehead atoms. The van der Waals surface area contributed by atoms with Gasteiger partial charge in [-0.15, -0.1) is 0 Å². The summed E-state index contributed by atoms with van der Waals surface area (Å²) in [5.74, 6) is 0.251. The summed E-state index contributed by atoms with van der Waals surface area (Å²) in [6, 6.07) is 6.31. The van der Waals surface area contributed by atoms with E-state index < -0.39 is 11.2 Å². The largest absolute Gasteiger partial charge is 0.381 e. The first-order valence-electron chi connectivity index (χ1n) is 10.9. The highest BCUT2D eigenvalue weighted by atomic mass is 35.5. The second-order valence-electron chi connectivity index (χ2n) is 8.45. The van der Waals surface area contributed by atoms with Crippen LogP contribution in [0.5, 0.6) is 0 Å². The summed E-state index contributed by atoms with van der Waals surface area (Å²) in [6.45, 7) is 1.57. The fourth-order valence-electron chi connectivity index (χ4n) is 4.27. The number of pyridine rings is 2. The minimum Gasteiger partial charge on any atom is -0.381 e. The third kappa shape index (κ3) is 5.25. The van der Waals surface area contributed by atoms with Crippen LogP contribution in [0, 0.1) is 22.6 Å². The Kier molecular flexibility index (Phi) is 6.89. The van der Waals surface area contributed by atoms with Gasteiger partial charge in [-0.25, -0.2) is 14.4 Å². The van der Waals surface area contributed by atoms with Crippen molar-refractivity contribution in [1.29, 1.82) is 5.26 Å². The summed E-state index contributed by atoms with van der Waals surface area (Å²) >= 11 is 6.29. The van der Waals surface area contributed by atoms with Gasteiger partial charge in [0.15, 0.2) is 5.15 Å². The molecule has 2 aliphatic rings. The average Bonchev–Trinajstić information content (AvgIpc) is 2.81. The van der Waals surface area contributed by atoms with Gasteiger partial charge in [-0.05, 0) is 37.8 Å². The molecule has 164 valence electrons. The van der Waals surface area contributed by atoms with E-state index in [0.29, 0.717) is 66.4 Å². The van der Waals surface area contributed by atoms with Crippen molar-refractivity contribution >= 4 is 23.1 Å². The Labute approximate surface area is 187 Å². The minimum absolute atomic E-state index is 0.291. The maximum atomic E-state index is 14.6. The van der Waals surface area contributed by atoms with E-state index in [2.05, 4.69) is 26.7 Å². The maximum absolute atomic E-state index is 14.6. The van der Waals surface area contributed by atoms with Crippen LogP contribution < -0.4 is 10.6 Å². The maximum Gasteiger partial charge on any atom is 0.152 e. The van der Waals surface area contributed by atoms with Gasteiger partial charge in [0.2, 0.25) is 0 Å². The Bertz CT molecular complexity index is 951. The van der Waals surface area contributed by atoms with Gasteiger partial charge in [0, 0.05) is 43.1 Å². The van der Waals surface area contributed by atoms with Crippen LogP contribution in [0.1, 0.15) is 44.9 Å². The molecule has 2 N–H and O–H groups in total. The molecule has 2 aromatic rings. The van der Waals surface area contributed by atoms with Gasteiger partial charge in [-0.3, -0.25) is 0 Å². The smallest absolute Gasteiger partial charge is 0.152 e. The van der Waals surface area contributed by atoms with Gasteiger partial charge in [-0.2, -0.15) is 5.26 Å². The topological polar surface area (TPSA) is 82.9 Å². The van der Waals surface area contributed by atoms with Crippen LogP contribution in [0.3, 0.4) is 0 Å². The number of hydrogen-bond acceptors (Lipinski definition) is 6. The van der Waals surface area contributed by atoms with Crippen molar-refractivity contribution in [2.24, 2.45) is 5.41 Å². The number of aromatic nitrogens is 2. The van der Waals surface area contributed by atoms with Gasteiger partial charge in [0.25, 0.3) is 0 Å². The molecule has 1 aliphatic carbocycles. The van der Waals surface area contributed by atoms with Gasteiger partial charge in [0.05, 0.1) is 23.4 Å². The molecule has 6 nitrogen and oxygen atoms in total. The predicted octanol–water partition coefficient (Wildman–Crippen LogP) is 5.41.